The van der Waals surface area contributed by atoms with Gasteiger partial charge in [0.1, 0.15) is 0 Å². The van der Waals surface area contributed by atoms with E-state index >= 15 is 0 Å². The fraction of sp³-hybridized carbons (Fsp3) is 0.417. The quantitative estimate of drug-likeness (QED) is 0.761. The predicted molar refractivity (Wildman–Crippen MR) is 63.9 cm³/mol. The van der Waals surface area contributed by atoms with Gasteiger partial charge in [0.2, 0.25) is 0 Å². The molecule has 88 valence electrons. The van der Waals surface area contributed by atoms with E-state index in [-0.39, 0.29) is 5.78 Å². The molecule has 0 bridgehead atoms. The molecule has 0 heterocycles. The summed E-state index contributed by atoms with van der Waals surface area (Å²) in [7, 11) is 3.03. The van der Waals surface area contributed by atoms with Crippen LogP contribution in [0.3, 0.4) is 0 Å². The van der Waals surface area contributed by atoms with E-state index in [1.807, 2.05) is 6.92 Å². The number of hydrogen-bond donors (Lipinski definition) is 0. The number of hydrogen-bond acceptors (Lipinski definition) is 3. The fourth-order valence-electron chi connectivity index (χ4n) is 1.60. The summed E-state index contributed by atoms with van der Waals surface area (Å²) in [4.78, 5) is 11.6. The molecule has 1 aromatic rings. The Bertz CT molecular complexity index is 413. The summed E-state index contributed by atoms with van der Waals surface area (Å²) in [5.74, 6) is 0.807. The van der Waals surface area contributed by atoms with Crippen molar-refractivity contribution in [1.29, 1.82) is 0 Å². The van der Waals surface area contributed by atoms with Gasteiger partial charge in [-0.25, -0.2) is 0 Å². The molecule has 0 aliphatic heterocycles. The molecule has 1 aromatic carbocycles. The second kappa shape index (κ2) is 5.21. The van der Waals surface area contributed by atoms with Gasteiger partial charge in [-0.15, -0.1) is 0 Å². The standard InChI is InChI=1S/C12H15ClO3/c1-5-8-6-9(15-3)12(16-4)10(7(2)14)11(8)13/h6H,5H2,1-4H3. The van der Waals surface area contributed by atoms with Gasteiger partial charge in [-0.3, -0.25) is 4.79 Å². The summed E-state index contributed by atoms with van der Waals surface area (Å²) in [6, 6.07) is 1.80. The number of ether oxygens (including phenoxy) is 2. The first-order valence-corrected chi connectivity index (χ1v) is 5.38. The highest BCUT2D eigenvalue weighted by Gasteiger charge is 2.20. The zero-order chi connectivity index (χ0) is 12.3. The van der Waals surface area contributed by atoms with Crippen LogP contribution >= 0.6 is 11.6 Å². The topological polar surface area (TPSA) is 35.5 Å². The Morgan fingerprint density at radius 2 is 2.00 bits per heavy atom. The van der Waals surface area contributed by atoms with E-state index in [9.17, 15) is 4.79 Å². The first kappa shape index (κ1) is 12.8. The molecule has 0 saturated heterocycles. The molecule has 0 atom stereocenters. The maximum atomic E-state index is 11.6. The van der Waals surface area contributed by atoms with Crippen molar-refractivity contribution in [1.82, 2.24) is 0 Å². The van der Waals surface area contributed by atoms with Crippen molar-refractivity contribution < 1.29 is 14.3 Å². The van der Waals surface area contributed by atoms with Crippen LogP contribution in [-0.2, 0) is 6.42 Å². The molecule has 0 radical (unpaired) electrons. The zero-order valence-electron chi connectivity index (χ0n) is 9.89. The largest absolute Gasteiger partial charge is 0.493 e. The van der Waals surface area contributed by atoms with Crippen molar-refractivity contribution in [3.05, 3.63) is 22.2 Å². The van der Waals surface area contributed by atoms with E-state index in [0.717, 1.165) is 12.0 Å². The van der Waals surface area contributed by atoms with Crippen LogP contribution in [0, 0.1) is 0 Å². The Morgan fingerprint density at radius 1 is 1.38 bits per heavy atom. The highest BCUT2D eigenvalue weighted by Crippen LogP contribution is 2.39. The van der Waals surface area contributed by atoms with E-state index in [2.05, 4.69) is 0 Å². The van der Waals surface area contributed by atoms with Gasteiger partial charge in [0, 0.05) is 0 Å². The molecular weight excluding hydrogens is 228 g/mol. The van der Waals surface area contributed by atoms with Gasteiger partial charge in [-0.05, 0) is 25.0 Å². The molecule has 4 heteroatoms. The molecule has 0 aliphatic rings. The summed E-state index contributed by atoms with van der Waals surface area (Å²) < 4.78 is 10.4. The van der Waals surface area contributed by atoms with Crippen LogP contribution in [-0.4, -0.2) is 20.0 Å². The first-order valence-electron chi connectivity index (χ1n) is 5.01. The van der Waals surface area contributed by atoms with Crippen molar-refractivity contribution in [2.75, 3.05) is 14.2 Å². The minimum Gasteiger partial charge on any atom is -0.493 e. The van der Waals surface area contributed by atoms with Crippen molar-refractivity contribution in [3.8, 4) is 11.5 Å². The van der Waals surface area contributed by atoms with Gasteiger partial charge in [-0.1, -0.05) is 18.5 Å². The van der Waals surface area contributed by atoms with Gasteiger partial charge in [0.15, 0.2) is 17.3 Å². The highest BCUT2D eigenvalue weighted by molar-refractivity contribution is 6.35. The molecule has 0 fully saturated rings. The van der Waals surface area contributed by atoms with Gasteiger partial charge in [0.25, 0.3) is 0 Å². The predicted octanol–water partition coefficient (Wildman–Crippen LogP) is 3.12. The first-order chi connectivity index (χ1) is 7.56. The van der Waals surface area contributed by atoms with Gasteiger partial charge in [0.05, 0.1) is 24.8 Å². The summed E-state index contributed by atoms with van der Waals surface area (Å²) in [5.41, 5.74) is 1.27. The Labute approximate surface area is 100 Å². The third-order valence-electron chi connectivity index (χ3n) is 2.41. The normalized spacial score (nSPS) is 10.1. The smallest absolute Gasteiger partial charge is 0.173 e. The van der Waals surface area contributed by atoms with Crippen molar-refractivity contribution >= 4 is 17.4 Å². The lowest BCUT2D eigenvalue weighted by Gasteiger charge is -2.15. The molecule has 3 nitrogen and oxygen atoms in total. The Hall–Kier alpha value is -1.22. The molecule has 0 N–H and O–H groups in total. The Kier molecular flexibility index (Phi) is 4.19. The number of methoxy groups -OCH3 is 2. The molecule has 0 saturated carbocycles. The maximum Gasteiger partial charge on any atom is 0.173 e. The highest BCUT2D eigenvalue weighted by atomic mass is 35.5. The summed E-state index contributed by atoms with van der Waals surface area (Å²) in [6.07, 6.45) is 0.736. The van der Waals surface area contributed by atoms with E-state index < -0.39 is 0 Å². The Morgan fingerprint density at radius 3 is 2.38 bits per heavy atom. The second-order valence-electron chi connectivity index (χ2n) is 3.37. The lowest BCUT2D eigenvalue weighted by Crippen LogP contribution is -2.03. The molecule has 0 aromatic heterocycles. The lowest BCUT2D eigenvalue weighted by atomic mass is 10.0. The zero-order valence-corrected chi connectivity index (χ0v) is 10.6. The molecule has 0 amide bonds. The number of carbonyl (C=O) groups excluding carboxylic acids is 1. The Balaban J connectivity index is 3.57. The number of carbonyl (C=O) groups is 1. The summed E-state index contributed by atoms with van der Waals surface area (Å²) >= 11 is 6.16. The molecule has 16 heavy (non-hydrogen) atoms. The van der Waals surface area contributed by atoms with Crippen LogP contribution in [0.25, 0.3) is 0 Å². The number of benzene rings is 1. The SMILES string of the molecule is CCc1cc(OC)c(OC)c(C(C)=O)c1Cl. The van der Waals surface area contributed by atoms with E-state index in [1.54, 1.807) is 6.07 Å². The molecule has 0 spiro atoms. The van der Waals surface area contributed by atoms with Crippen molar-refractivity contribution in [2.24, 2.45) is 0 Å². The van der Waals surface area contributed by atoms with Crippen LogP contribution in [0.1, 0.15) is 29.8 Å². The second-order valence-corrected chi connectivity index (χ2v) is 3.75. The minimum atomic E-state index is -0.129. The van der Waals surface area contributed by atoms with E-state index in [4.69, 9.17) is 21.1 Å². The van der Waals surface area contributed by atoms with E-state index in [0.29, 0.717) is 22.1 Å². The molecule has 0 aliphatic carbocycles. The third kappa shape index (κ3) is 2.14. The monoisotopic (exact) mass is 242 g/mol. The number of rotatable bonds is 4. The van der Waals surface area contributed by atoms with Crippen molar-refractivity contribution in [2.45, 2.75) is 20.3 Å². The maximum absolute atomic E-state index is 11.6. The van der Waals surface area contributed by atoms with Crippen LogP contribution < -0.4 is 9.47 Å². The van der Waals surface area contributed by atoms with Crippen molar-refractivity contribution in [3.63, 3.8) is 0 Å². The van der Waals surface area contributed by atoms with Gasteiger partial charge in [-0.2, -0.15) is 0 Å². The molecule has 0 unspecified atom stereocenters. The van der Waals surface area contributed by atoms with E-state index in [1.165, 1.54) is 21.1 Å². The number of Topliss-reactive ketones (excluding diaryl/α,β-unsaturated/α-hetero) is 1. The lowest BCUT2D eigenvalue weighted by molar-refractivity contribution is 0.101. The summed E-state index contributed by atoms with van der Waals surface area (Å²) in [5, 5.41) is 0.452. The van der Waals surface area contributed by atoms with Crippen LogP contribution in [0.4, 0.5) is 0 Å². The average Bonchev–Trinajstić information content (AvgIpc) is 2.27. The fourth-order valence-corrected chi connectivity index (χ4v) is 2.00. The van der Waals surface area contributed by atoms with Gasteiger partial charge >= 0.3 is 0 Å². The van der Waals surface area contributed by atoms with Gasteiger partial charge < -0.3 is 9.47 Å². The molecular formula is C12H15ClO3. The number of ketones is 1. The minimum absolute atomic E-state index is 0.129. The van der Waals surface area contributed by atoms with Crippen LogP contribution in [0.5, 0.6) is 11.5 Å². The number of aryl methyl sites for hydroxylation is 1. The van der Waals surface area contributed by atoms with Crippen LogP contribution in [0.2, 0.25) is 5.02 Å². The average molecular weight is 243 g/mol. The summed E-state index contributed by atoms with van der Waals surface area (Å²) in [6.45, 7) is 3.43. The number of halogens is 1. The molecule has 1 rings (SSSR count). The third-order valence-corrected chi connectivity index (χ3v) is 2.85. The van der Waals surface area contributed by atoms with Crippen LogP contribution in [0.15, 0.2) is 6.07 Å².